The summed E-state index contributed by atoms with van der Waals surface area (Å²) >= 11 is 0. The van der Waals surface area contributed by atoms with Gasteiger partial charge >= 0.3 is 11.9 Å². The lowest BCUT2D eigenvalue weighted by molar-refractivity contribution is -0.139. The van der Waals surface area contributed by atoms with Crippen LogP contribution in [0.5, 0.6) is 5.75 Å². The second-order valence-electron chi connectivity index (χ2n) is 6.78. The SMILES string of the molecule is CC(C)(C)OC(=O)c1ccc(OC(=O)C2CCCCC2)cc1. The van der Waals surface area contributed by atoms with Crippen molar-refractivity contribution in [1.29, 1.82) is 0 Å². The van der Waals surface area contributed by atoms with Crippen molar-refractivity contribution in [3.63, 3.8) is 0 Å². The topological polar surface area (TPSA) is 52.6 Å². The van der Waals surface area contributed by atoms with Crippen molar-refractivity contribution >= 4 is 11.9 Å². The van der Waals surface area contributed by atoms with Crippen LogP contribution < -0.4 is 4.74 Å². The third-order valence-corrected chi connectivity index (χ3v) is 3.65. The van der Waals surface area contributed by atoms with E-state index in [2.05, 4.69) is 0 Å². The Morgan fingerprint density at radius 2 is 1.59 bits per heavy atom. The molecule has 0 aliphatic heterocycles. The minimum atomic E-state index is -0.525. The van der Waals surface area contributed by atoms with Crippen molar-refractivity contribution < 1.29 is 19.1 Å². The van der Waals surface area contributed by atoms with Crippen LogP contribution in [0.4, 0.5) is 0 Å². The first-order chi connectivity index (χ1) is 10.3. The van der Waals surface area contributed by atoms with Gasteiger partial charge in [-0.25, -0.2) is 4.79 Å². The Kier molecular flexibility index (Phi) is 5.22. The summed E-state index contributed by atoms with van der Waals surface area (Å²) in [4.78, 5) is 24.0. The van der Waals surface area contributed by atoms with Crippen molar-refractivity contribution in [2.45, 2.75) is 58.5 Å². The molecule has 1 aliphatic carbocycles. The molecule has 2 rings (SSSR count). The van der Waals surface area contributed by atoms with Gasteiger partial charge in [-0.2, -0.15) is 0 Å². The van der Waals surface area contributed by atoms with Crippen LogP contribution in [0.25, 0.3) is 0 Å². The van der Waals surface area contributed by atoms with Gasteiger partial charge in [-0.1, -0.05) is 19.3 Å². The van der Waals surface area contributed by atoms with Gasteiger partial charge in [0.1, 0.15) is 11.4 Å². The van der Waals surface area contributed by atoms with E-state index in [9.17, 15) is 9.59 Å². The molecule has 4 heteroatoms. The number of carbonyl (C=O) groups excluding carboxylic acids is 2. The average molecular weight is 304 g/mol. The quantitative estimate of drug-likeness (QED) is 0.622. The molecule has 1 aromatic carbocycles. The van der Waals surface area contributed by atoms with Gasteiger partial charge in [-0.15, -0.1) is 0 Å². The largest absolute Gasteiger partial charge is 0.456 e. The molecule has 0 bridgehead atoms. The summed E-state index contributed by atoms with van der Waals surface area (Å²) in [6, 6.07) is 6.52. The van der Waals surface area contributed by atoms with Gasteiger partial charge in [-0.3, -0.25) is 4.79 Å². The summed E-state index contributed by atoms with van der Waals surface area (Å²) in [7, 11) is 0. The first-order valence-corrected chi connectivity index (χ1v) is 7.90. The van der Waals surface area contributed by atoms with E-state index >= 15 is 0 Å². The van der Waals surface area contributed by atoms with Crippen molar-refractivity contribution in [2.75, 3.05) is 0 Å². The molecule has 1 aliphatic rings. The molecule has 22 heavy (non-hydrogen) atoms. The number of hydrogen-bond acceptors (Lipinski definition) is 4. The minimum Gasteiger partial charge on any atom is -0.456 e. The predicted molar refractivity (Wildman–Crippen MR) is 83.8 cm³/mol. The lowest BCUT2D eigenvalue weighted by Gasteiger charge is -2.20. The number of rotatable bonds is 3. The summed E-state index contributed by atoms with van der Waals surface area (Å²) in [6.07, 6.45) is 5.21. The zero-order valence-corrected chi connectivity index (χ0v) is 13.6. The summed E-state index contributed by atoms with van der Waals surface area (Å²) in [5.41, 5.74) is -0.0733. The van der Waals surface area contributed by atoms with Gasteiger partial charge in [-0.05, 0) is 57.9 Å². The third-order valence-electron chi connectivity index (χ3n) is 3.65. The number of carbonyl (C=O) groups is 2. The smallest absolute Gasteiger partial charge is 0.338 e. The second kappa shape index (κ2) is 6.95. The van der Waals surface area contributed by atoms with Crippen LogP contribution in [0, 0.1) is 5.92 Å². The second-order valence-corrected chi connectivity index (χ2v) is 6.78. The highest BCUT2D eigenvalue weighted by Gasteiger charge is 2.23. The highest BCUT2D eigenvalue weighted by Crippen LogP contribution is 2.26. The lowest BCUT2D eigenvalue weighted by atomic mass is 9.89. The monoisotopic (exact) mass is 304 g/mol. The molecule has 120 valence electrons. The molecule has 0 saturated heterocycles. The third kappa shape index (κ3) is 4.86. The number of benzene rings is 1. The first kappa shape index (κ1) is 16.5. The highest BCUT2D eigenvalue weighted by atomic mass is 16.6. The van der Waals surface area contributed by atoms with Crippen LogP contribution in [0.1, 0.15) is 63.2 Å². The Labute approximate surface area is 131 Å². The van der Waals surface area contributed by atoms with Crippen LogP contribution in [0.15, 0.2) is 24.3 Å². The molecule has 1 saturated carbocycles. The molecular weight excluding hydrogens is 280 g/mol. The first-order valence-electron chi connectivity index (χ1n) is 7.90. The van der Waals surface area contributed by atoms with Crippen LogP contribution in [0.2, 0.25) is 0 Å². The maximum absolute atomic E-state index is 12.1. The van der Waals surface area contributed by atoms with Gasteiger partial charge in [0, 0.05) is 0 Å². The van der Waals surface area contributed by atoms with Gasteiger partial charge < -0.3 is 9.47 Å². The highest BCUT2D eigenvalue weighted by molar-refractivity contribution is 5.89. The Bertz CT molecular complexity index is 519. The molecule has 0 aromatic heterocycles. The molecular formula is C18H24O4. The van der Waals surface area contributed by atoms with Gasteiger partial charge in [0.25, 0.3) is 0 Å². The molecule has 0 amide bonds. The minimum absolute atomic E-state index is 0.0132. The normalized spacial score (nSPS) is 16.1. The molecule has 4 nitrogen and oxygen atoms in total. The van der Waals surface area contributed by atoms with E-state index in [0.29, 0.717) is 11.3 Å². The maximum atomic E-state index is 12.1. The molecule has 0 unspecified atom stereocenters. The van der Waals surface area contributed by atoms with E-state index in [1.54, 1.807) is 24.3 Å². The fourth-order valence-electron chi connectivity index (χ4n) is 2.53. The lowest BCUT2D eigenvalue weighted by Crippen LogP contribution is -2.24. The summed E-state index contributed by atoms with van der Waals surface area (Å²) in [6.45, 7) is 5.47. The number of ether oxygens (including phenoxy) is 2. The van der Waals surface area contributed by atoms with Crippen LogP contribution >= 0.6 is 0 Å². The standard InChI is InChI=1S/C18H24O4/c1-18(2,3)22-17(20)14-9-11-15(12-10-14)21-16(19)13-7-5-4-6-8-13/h9-13H,4-8H2,1-3H3. The van der Waals surface area contributed by atoms with Crippen molar-refractivity contribution in [2.24, 2.45) is 5.92 Å². The van der Waals surface area contributed by atoms with E-state index in [4.69, 9.17) is 9.47 Å². The molecule has 0 heterocycles. The van der Waals surface area contributed by atoms with Gasteiger partial charge in [0.2, 0.25) is 0 Å². The summed E-state index contributed by atoms with van der Waals surface area (Å²) in [5, 5.41) is 0. The van der Waals surface area contributed by atoms with E-state index in [-0.39, 0.29) is 17.9 Å². The van der Waals surface area contributed by atoms with Gasteiger partial charge in [0.15, 0.2) is 0 Å². The number of esters is 2. The molecule has 1 aromatic rings. The Morgan fingerprint density at radius 1 is 1.00 bits per heavy atom. The van der Waals surface area contributed by atoms with E-state index in [0.717, 1.165) is 25.7 Å². The summed E-state index contributed by atoms with van der Waals surface area (Å²) < 4.78 is 10.7. The zero-order valence-electron chi connectivity index (χ0n) is 13.6. The van der Waals surface area contributed by atoms with Crippen LogP contribution in [0.3, 0.4) is 0 Å². The van der Waals surface area contributed by atoms with Crippen LogP contribution in [-0.4, -0.2) is 17.5 Å². The molecule has 1 fully saturated rings. The van der Waals surface area contributed by atoms with Crippen molar-refractivity contribution in [3.8, 4) is 5.75 Å². The zero-order chi connectivity index (χ0) is 16.2. The van der Waals surface area contributed by atoms with E-state index < -0.39 is 5.60 Å². The Morgan fingerprint density at radius 3 is 2.14 bits per heavy atom. The van der Waals surface area contributed by atoms with E-state index in [1.807, 2.05) is 20.8 Å². The van der Waals surface area contributed by atoms with Gasteiger partial charge in [0.05, 0.1) is 11.5 Å². The van der Waals surface area contributed by atoms with Crippen molar-refractivity contribution in [3.05, 3.63) is 29.8 Å². The maximum Gasteiger partial charge on any atom is 0.338 e. The molecule has 0 atom stereocenters. The van der Waals surface area contributed by atoms with Crippen molar-refractivity contribution in [1.82, 2.24) is 0 Å². The Hall–Kier alpha value is -1.84. The fourth-order valence-corrected chi connectivity index (χ4v) is 2.53. The fraction of sp³-hybridized carbons (Fsp3) is 0.556. The average Bonchev–Trinajstić information content (AvgIpc) is 2.47. The molecule has 0 N–H and O–H groups in total. The number of hydrogen-bond donors (Lipinski definition) is 0. The van der Waals surface area contributed by atoms with Crippen LogP contribution in [-0.2, 0) is 9.53 Å². The van der Waals surface area contributed by atoms with E-state index in [1.165, 1.54) is 6.42 Å². The Balaban J connectivity index is 1.94. The summed E-state index contributed by atoms with van der Waals surface area (Å²) in [5.74, 6) is -0.0514. The predicted octanol–water partition coefficient (Wildman–Crippen LogP) is 4.13. The molecule has 0 radical (unpaired) electrons. The molecule has 0 spiro atoms.